The number of fused-ring (bicyclic) bond motifs is 1. The van der Waals surface area contributed by atoms with E-state index < -0.39 is 24.0 Å². The number of ether oxygens (including phenoxy) is 2. The molecule has 0 radical (unpaired) electrons. The minimum Gasteiger partial charge on any atom is -0.469 e. The maximum Gasteiger partial charge on any atom is 0.414 e. The molecule has 1 saturated heterocycles. The number of hydrogen-bond donors (Lipinski definition) is 1. The number of methoxy groups -OCH3 is 1. The standard InChI is InChI=1S/C22H21FN4O5/c1-13(28)24-9-17-12-27(22(30)32-17)16-4-5-18(19(23)8-16)14-3-6-20-25-15(7-21(29)31-2)11-26(20)10-14/h3-6,8,10-11,17H,7,9,12H2,1-2H3,(H,24,28)/t17-/m0/s1. The van der Waals surface area contributed by atoms with Gasteiger partial charge in [0.05, 0.1) is 38.0 Å². The van der Waals surface area contributed by atoms with E-state index in [-0.39, 0.29) is 25.4 Å². The van der Waals surface area contributed by atoms with Crippen molar-refractivity contribution in [3.8, 4) is 11.1 Å². The molecule has 2 aromatic heterocycles. The van der Waals surface area contributed by atoms with Crippen LogP contribution in [0.2, 0.25) is 0 Å². The van der Waals surface area contributed by atoms with Crippen LogP contribution in [0.1, 0.15) is 12.6 Å². The first-order valence-electron chi connectivity index (χ1n) is 9.91. The highest BCUT2D eigenvalue weighted by Crippen LogP contribution is 2.29. The molecule has 1 aliphatic heterocycles. The number of nitrogens with one attached hydrogen (secondary N) is 1. The number of hydrogen-bond acceptors (Lipinski definition) is 6. The zero-order valence-electron chi connectivity index (χ0n) is 17.5. The van der Waals surface area contributed by atoms with Crippen LogP contribution in [0, 0.1) is 5.82 Å². The largest absolute Gasteiger partial charge is 0.469 e. The van der Waals surface area contributed by atoms with E-state index in [1.165, 1.54) is 25.0 Å². The number of aromatic nitrogens is 2. The summed E-state index contributed by atoms with van der Waals surface area (Å²) in [6.07, 6.45) is 2.36. The fourth-order valence-corrected chi connectivity index (χ4v) is 3.51. The number of rotatable bonds is 6. The zero-order valence-corrected chi connectivity index (χ0v) is 17.5. The summed E-state index contributed by atoms with van der Waals surface area (Å²) in [6.45, 7) is 1.78. The highest BCUT2D eigenvalue weighted by atomic mass is 19.1. The van der Waals surface area contributed by atoms with Crippen LogP contribution in [0.15, 0.2) is 42.7 Å². The predicted molar refractivity (Wildman–Crippen MR) is 113 cm³/mol. The number of halogens is 1. The number of carbonyl (C=O) groups is 3. The summed E-state index contributed by atoms with van der Waals surface area (Å²) in [5.41, 5.74) is 2.49. The van der Waals surface area contributed by atoms with Crippen molar-refractivity contribution in [2.24, 2.45) is 0 Å². The number of carbonyl (C=O) groups excluding carboxylic acids is 3. The number of esters is 1. The first-order valence-corrected chi connectivity index (χ1v) is 9.91. The monoisotopic (exact) mass is 440 g/mol. The molecule has 0 aliphatic carbocycles. The molecule has 3 aromatic rings. The lowest BCUT2D eigenvalue weighted by Crippen LogP contribution is -2.33. The Labute approximate surface area is 182 Å². The van der Waals surface area contributed by atoms with Crippen molar-refractivity contribution in [1.82, 2.24) is 14.7 Å². The van der Waals surface area contributed by atoms with Gasteiger partial charge in [-0.1, -0.05) is 0 Å². The van der Waals surface area contributed by atoms with Gasteiger partial charge in [0.2, 0.25) is 5.91 Å². The Hall–Kier alpha value is -3.95. The molecule has 1 fully saturated rings. The molecule has 1 N–H and O–H groups in total. The third-order valence-corrected chi connectivity index (χ3v) is 5.08. The van der Waals surface area contributed by atoms with Crippen molar-refractivity contribution in [3.63, 3.8) is 0 Å². The van der Waals surface area contributed by atoms with Gasteiger partial charge in [-0.25, -0.2) is 14.2 Å². The van der Waals surface area contributed by atoms with Gasteiger partial charge >= 0.3 is 12.1 Å². The lowest BCUT2D eigenvalue weighted by atomic mass is 10.1. The number of cyclic esters (lactones) is 1. The van der Waals surface area contributed by atoms with Crippen molar-refractivity contribution in [2.75, 3.05) is 25.1 Å². The van der Waals surface area contributed by atoms with E-state index in [0.717, 1.165) is 0 Å². The molecule has 10 heteroatoms. The molecule has 0 unspecified atom stereocenters. The Bertz CT molecular complexity index is 1210. The molecule has 0 spiro atoms. The van der Waals surface area contributed by atoms with E-state index in [1.807, 2.05) is 0 Å². The van der Waals surface area contributed by atoms with Gasteiger partial charge in [0.15, 0.2) is 0 Å². The smallest absolute Gasteiger partial charge is 0.414 e. The molecular weight excluding hydrogens is 419 g/mol. The minimum atomic E-state index is -0.592. The van der Waals surface area contributed by atoms with Crippen LogP contribution in [0.4, 0.5) is 14.9 Å². The second kappa shape index (κ2) is 8.66. The highest BCUT2D eigenvalue weighted by molar-refractivity contribution is 5.90. The van der Waals surface area contributed by atoms with E-state index >= 15 is 0 Å². The number of imidazole rings is 1. The van der Waals surface area contributed by atoms with Gasteiger partial charge in [0, 0.05) is 30.4 Å². The Morgan fingerprint density at radius 3 is 2.81 bits per heavy atom. The maximum atomic E-state index is 15.0. The van der Waals surface area contributed by atoms with Gasteiger partial charge in [0.1, 0.15) is 17.6 Å². The topological polar surface area (TPSA) is 102 Å². The van der Waals surface area contributed by atoms with Gasteiger partial charge in [-0.2, -0.15) is 0 Å². The molecule has 1 aliphatic rings. The van der Waals surface area contributed by atoms with E-state index in [9.17, 15) is 18.8 Å². The average molecular weight is 440 g/mol. The molecule has 9 nitrogen and oxygen atoms in total. The molecule has 4 rings (SSSR count). The number of pyridine rings is 1. The lowest BCUT2D eigenvalue weighted by molar-refractivity contribution is -0.139. The number of nitrogens with zero attached hydrogens (tertiary/aromatic N) is 3. The number of amides is 2. The van der Waals surface area contributed by atoms with E-state index in [2.05, 4.69) is 15.0 Å². The molecule has 32 heavy (non-hydrogen) atoms. The molecule has 0 saturated carbocycles. The molecule has 1 aromatic carbocycles. The Balaban J connectivity index is 1.54. The van der Waals surface area contributed by atoms with Crippen molar-refractivity contribution < 1.29 is 28.2 Å². The van der Waals surface area contributed by atoms with Gasteiger partial charge in [-0.3, -0.25) is 14.5 Å². The quantitative estimate of drug-likeness (QED) is 0.591. The first-order chi connectivity index (χ1) is 15.3. The molecular formula is C22H21FN4O5. The summed E-state index contributed by atoms with van der Waals surface area (Å²) in [5, 5.41) is 2.60. The first kappa shape index (κ1) is 21.3. The molecule has 1 atom stereocenters. The van der Waals surface area contributed by atoms with Crippen molar-refractivity contribution in [3.05, 3.63) is 54.2 Å². The summed E-state index contributed by atoms with van der Waals surface area (Å²) in [4.78, 5) is 40.4. The summed E-state index contributed by atoms with van der Waals surface area (Å²) < 4.78 is 26.6. The zero-order chi connectivity index (χ0) is 22.8. The van der Waals surface area contributed by atoms with Crippen molar-refractivity contribution in [1.29, 1.82) is 0 Å². The summed E-state index contributed by atoms with van der Waals surface area (Å²) >= 11 is 0. The molecule has 166 valence electrons. The van der Waals surface area contributed by atoms with Crippen LogP contribution in [0.5, 0.6) is 0 Å². The van der Waals surface area contributed by atoms with Crippen LogP contribution < -0.4 is 10.2 Å². The third kappa shape index (κ3) is 4.39. The van der Waals surface area contributed by atoms with Crippen LogP contribution in [-0.2, 0) is 25.5 Å². The Morgan fingerprint density at radius 1 is 1.28 bits per heavy atom. The van der Waals surface area contributed by atoms with Crippen LogP contribution in [0.25, 0.3) is 16.8 Å². The fraction of sp³-hybridized carbons (Fsp3) is 0.273. The normalized spacial score (nSPS) is 15.7. The van der Waals surface area contributed by atoms with E-state index in [1.54, 1.807) is 41.1 Å². The van der Waals surface area contributed by atoms with E-state index in [0.29, 0.717) is 28.2 Å². The molecule has 0 bridgehead atoms. The summed E-state index contributed by atoms with van der Waals surface area (Å²) in [6, 6.07) is 7.97. The maximum absolute atomic E-state index is 15.0. The number of anilines is 1. The second-order valence-electron chi connectivity index (χ2n) is 7.39. The summed E-state index contributed by atoms with van der Waals surface area (Å²) in [5.74, 6) is -1.12. The second-order valence-corrected chi connectivity index (χ2v) is 7.39. The highest BCUT2D eigenvalue weighted by Gasteiger charge is 2.32. The van der Waals surface area contributed by atoms with Gasteiger partial charge in [0.25, 0.3) is 0 Å². The molecule has 2 amide bonds. The van der Waals surface area contributed by atoms with Crippen molar-refractivity contribution in [2.45, 2.75) is 19.4 Å². The predicted octanol–water partition coefficient (Wildman–Crippen LogP) is 2.32. The van der Waals surface area contributed by atoms with Gasteiger partial charge in [-0.15, -0.1) is 0 Å². The van der Waals surface area contributed by atoms with Crippen LogP contribution >= 0.6 is 0 Å². The SMILES string of the molecule is COC(=O)Cc1cn2cc(-c3ccc(N4C[C@H](CNC(C)=O)OC4=O)cc3F)ccc2n1. The average Bonchev–Trinajstić information content (AvgIpc) is 3.33. The van der Waals surface area contributed by atoms with Crippen LogP contribution in [-0.4, -0.2) is 53.7 Å². The van der Waals surface area contributed by atoms with E-state index in [4.69, 9.17) is 4.74 Å². The minimum absolute atomic E-state index is 0.0471. The van der Waals surface area contributed by atoms with Crippen molar-refractivity contribution >= 4 is 29.3 Å². The number of benzene rings is 1. The van der Waals surface area contributed by atoms with Gasteiger partial charge < -0.3 is 19.2 Å². The van der Waals surface area contributed by atoms with Gasteiger partial charge in [-0.05, 0) is 30.3 Å². The Kier molecular flexibility index (Phi) is 5.76. The van der Waals surface area contributed by atoms with Crippen LogP contribution in [0.3, 0.4) is 0 Å². The summed E-state index contributed by atoms with van der Waals surface area (Å²) in [7, 11) is 1.31. The fourth-order valence-electron chi connectivity index (χ4n) is 3.51. The Morgan fingerprint density at radius 2 is 2.09 bits per heavy atom. The lowest BCUT2D eigenvalue weighted by Gasteiger charge is -2.14. The third-order valence-electron chi connectivity index (χ3n) is 5.08. The molecule has 3 heterocycles.